The van der Waals surface area contributed by atoms with E-state index < -0.39 is 0 Å². The van der Waals surface area contributed by atoms with Crippen LogP contribution in [0.25, 0.3) is 0 Å². The normalized spacial score (nSPS) is 25.9. The Balaban J connectivity index is 1.49. The minimum Gasteiger partial charge on any atom is -0.337 e. The SMILES string of the molecule is CC(=O)N1[C@H](Cn2cncn2)C[C@@H]2CN(C(=O)c3ccn[nH]3)CC[C@@H]21. The molecule has 9 heteroatoms. The van der Waals surface area contributed by atoms with Crippen molar-refractivity contribution in [2.24, 2.45) is 5.92 Å². The fourth-order valence-electron chi connectivity index (χ4n) is 4.28. The lowest BCUT2D eigenvalue weighted by molar-refractivity contribution is -0.132. The zero-order chi connectivity index (χ0) is 17.4. The summed E-state index contributed by atoms with van der Waals surface area (Å²) in [5, 5.41) is 10.7. The summed E-state index contributed by atoms with van der Waals surface area (Å²) in [5.74, 6) is 0.356. The summed E-state index contributed by atoms with van der Waals surface area (Å²) in [6.45, 7) is 3.58. The van der Waals surface area contributed by atoms with Crippen LogP contribution in [0, 0.1) is 5.92 Å². The first-order valence-corrected chi connectivity index (χ1v) is 8.53. The molecule has 4 heterocycles. The minimum atomic E-state index is -0.0231. The first-order chi connectivity index (χ1) is 12.1. The highest BCUT2D eigenvalue weighted by atomic mass is 16.2. The molecule has 25 heavy (non-hydrogen) atoms. The smallest absolute Gasteiger partial charge is 0.271 e. The van der Waals surface area contributed by atoms with Crippen molar-refractivity contribution in [3.05, 3.63) is 30.6 Å². The molecule has 2 aliphatic heterocycles. The van der Waals surface area contributed by atoms with Crippen molar-refractivity contribution in [1.29, 1.82) is 0 Å². The second kappa shape index (κ2) is 6.30. The average molecular weight is 343 g/mol. The second-order valence-corrected chi connectivity index (χ2v) is 6.77. The lowest BCUT2D eigenvalue weighted by atomic mass is 9.92. The van der Waals surface area contributed by atoms with Crippen molar-refractivity contribution < 1.29 is 9.59 Å². The Bertz CT molecular complexity index is 743. The van der Waals surface area contributed by atoms with Crippen molar-refractivity contribution in [2.75, 3.05) is 13.1 Å². The van der Waals surface area contributed by atoms with Crippen LogP contribution >= 0.6 is 0 Å². The zero-order valence-corrected chi connectivity index (χ0v) is 14.1. The quantitative estimate of drug-likeness (QED) is 0.855. The summed E-state index contributed by atoms with van der Waals surface area (Å²) in [7, 11) is 0. The largest absolute Gasteiger partial charge is 0.337 e. The number of piperidine rings is 1. The molecule has 2 amide bonds. The highest BCUT2D eigenvalue weighted by Crippen LogP contribution is 2.36. The van der Waals surface area contributed by atoms with Gasteiger partial charge in [0.1, 0.15) is 18.3 Å². The van der Waals surface area contributed by atoms with Crippen LogP contribution in [0.15, 0.2) is 24.9 Å². The summed E-state index contributed by atoms with van der Waals surface area (Å²) in [5.41, 5.74) is 0.513. The van der Waals surface area contributed by atoms with Gasteiger partial charge in [-0.2, -0.15) is 10.2 Å². The Morgan fingerprint density at radius 2 is 2.28 bits per heavy atom. The molecule has 2 aromatic heterocycles. The highest BCUT2D eigenvalue weighted by molar-refractivity contribution is 5.92. The molecule has 2 aliphatic rings. The van der Waals surface area contributed by atoms with Crippen LogP contribution in [0.1, 0.15) is 30.3 Å². The van der Waals surface area contributed by atoms with E-state index in [2.05, 4.69) is 20.3 Å². The molecule has 9 nitrogen and oxygen atoms in total. The van der Waals surface area contributed by atoms with Crippen molar-refractivity contribution in [3.8, 4) is 0 Å². The molecule has 0 aliphatic carbocycles. The Hall–Kier alpha value is -2.71. The molecule has 132 valence electrons. The summed E-state index contributed by atoms with van der Waals surface area (Å²) < 4.78 is 1.77. The van der Waals surface area contributed by atoms with Gasteiger partial charge in [0, 0.05) is 32.3 Å². The van der Waals surface area contributed by atoms with Gasteiger partial charge in [0.2, 0.25) is 5.91 Å². The van der Waals surface area contributed by atoms with E-state index in [-0.39, 0.29) is 29.8 Å². The van der Waals surface area contributed by atoms with E-state index in [9.17, 15) is 9.59 Å². The van der Waals surface area contributed by atoms with E-state index in [1.165, 1.54) is 6.33 Å². The average Bonchev–Trinajstić information content (AvgIpc) is 3.34. The topological polar surface area (TPSA) is 100 Å². The van der Waals surface area contributed by atoms with Gasteiger partial charge in [-0.3, -0.25) is 19.4 Å². The van der Waals surface area contributed by atoms with Gasteiger partial charge in [0.15, 0.2) is 0 Å². The predicted molar refractivity (Wildman–Crippen MR) is 87.3 cm³/mol. The van der Waals surface area contributed by atoms with Crippen LogP contribution in [0.2, 0.25) is 0 Å². The number of H-pyrrole nitrogens is 1. The summed E-state index contributed by atoms with van der Waals surface area (Å²) >= 11 is 0. The van der Waals surface area contributed by atoms with E-state index in [4.69, 9.17) is 0 Å². The summed E-state index contributed by atoms with van der Waals surface area (Å²) in [6.07, 6.45) is 6.44. The Labute approximate surface area is 145 Å². The van der Waals surface area contributed by atoms with Gasteiger partial charge in [0.25, 0.3) is 5.91 Å². The third-order valence-electron chi connectivity index (χ3n) is 5.27. The number of hydrogen-bond acceptors (Lipinski definition) is 5. The number of rotatable bonds is 3. The molecule has 3 atom stereocenters. The number of nitrogens with zero attached hydrogens (tertiary/aromatic N) is 6. The molecule has 2 aromatic rings. The number of fused-ring (bicyclic) bond motifs is 1. The van der Waals surface area contributed by atoms with Crippen LogP contribution in [0.3, 0.4) is 0 Å². The first-order valence-electron chi connectivity index (χ1n) is 8.53. The molecule has 4 rings (SSSR count). The second-order valence-electron chi connectivity index (χ2n) is 6.77. The molecule has 0 aromatic carbocycles. The number of hydrogen-bond donors (Lipinski definition) is 1. The lowest BCUT2D eigenvalue weighted by Crippen LogP contribution is -2.50. The molecule has 0 unspecified atom stereocenters. The van der Waals surface area contributed by atoms with Crippen LogP contribution < -0.4 is 0 Å². The molecule has 2 saturated heterocycles. The number of nitrogens with one attached hydrogen (secondary N) is 1. The van der Waals surface area contributed by atoms with E-state index in [1.54, 1.807) is 30.2 Å². The molecular weight excluding hydrogens is 322 g/mol. The molecule has 2 fully saturated rings. The van der Waals surface area contributed by atoms with Crippen LogP contribution in [0.5, 0.6) is 0 Å². The number of carbonyl (C=O) groups excluding carboxylic acids is 2. The van der Waals surface area contributed by atoms with E-state index in [1.807, 2.05) is 9.80 Å². The lowest BCUT2D eigenvalue weighted by Gasteiger charge is -2.38. The summed E-state index contributed by atoms with van der Waals surface area (Å²) in [6, 6.07) is 1.98. The number of carbonyl (C=O) groups is 2. The van der Waals surface area contributed by atoms with E-state index in [0.29, 0.717) is 25.3 Å². The number of aromatic amines is 1. The number of likely N-dealkylation sites (tertiary alicyclic amines) is 2. The Kier molecular flexibility index (Phi) is 3.98. The van der Waals surface area contributed by atoms with Crippen molar-refractivity contribution in [3.63, 3.8) is 0 Å². The van der Waals surface area contributed by atoms with Gasteiger partial charge in [0.05, 0.1) is 12.6 Å². The Morgan fingerprint density at radius 3 is 2.96 bits per heavy atom. The molecule has 0 saturated carbocycles. The van der Waals surface area contributed by atoms with Crippen LogP contribution in [-0.4, -0.2) is 71.7 Å². The first kappa shape index (κ1) is 15.8. The molecule has 0 bridgehead atoms. The van der Waals surface area contributed by atoms with Crippen LogP contribution in [-0.2, 0) is 11.3 Å². The minimum absolute atomic E-state index is 0.0231. The van der Waals surface area contributed by atoms with E-state index in [0.717, 1.165) is 12.8 Å². The molecule has 0 spiro atoms. The van der Waals surface area contributed by atoms with Crippen LogP contribution in [0.4, 0.5) is 0 Å². The van der Waals surface area contributed by atoms with Gasteiger partial charge in [-0.25, -0.2) is 4.98 Å². The van der Waals surface area contributed by atoms with Gasteiger partial charge >= 0.3 is 0 Å². The third kappa shape index (κ3) is 2.90. The summed E-state index contributed by atoms with van der Waals surface area (Å²) in [4.78, 5) is 32.6. The fraction of sp³-hybridized carbons (Fsp3) is 0.562. The predicted octanol–water partition coefficient (Wildman–Crippen LogP) is 0.153. The number of amides is 2. The Morgan fingerprint density at radius 1 is 1.40 bits per heavy atom. The standard InChI is InChI=1S/C16H21N7O2/c1-11(24)23-13(8-22-10-17-9-19-22)6-12-7-21(5-3-15(12)23)16(25)14-2-4-18-20-14/h2,4,9-10,12-13,15H,3,5-8H2,1H3,(H,18,20)/t12-,13+,15+/m1/s1. The molecule has 1 N–H and O–H groups in total. The zero-order valence-electron chi connectivity index (χ0n) is 14.1. The third-order valence-corrected chi connectivity index (χ3v) is 5.27. The number of aromatic nitrogens is 5. The fourth-order valence-corrected chi connectivity index (χ4v) is 4.28. The molecule has 0 radical (unpaired) electrons. The molecular formula is C16H21N7O2. The van der Waals surface area contributed by atoms with Crippen molar-refractivity contribution >= 4 is 11.8 Å². The van der Waals surface area contributed by atoms with Gasteiger partial charge in [-0.05, 0) is 24.8 Å². The van der Waals surface area contributed by atoms with Gasteiger partial charge < -0.3 is 9.80 Å². The highest BCUT2D eigenvalue weighted by Gasteiger charge is 2.46. The van der Waals surface area contributed by atoms with Crippen molar-refractivity contribution in [2.45, 2.75) is 38.4 Å². The van der Waals surface area contributed by atoms with Gasteiger partial charge in [-0.1, -0.05) is 0 Å². The monoisotopic (exact) mass is 343 g/mol. The maximum atomic E-state index is 12.6. The van der Waals surface area contributed by atoms with Crippen molar-refractivity contribution in [1.82, 2.24) is 34.8 Å². The maximum absolute atomic E-state index is 12.6. The maximum Gasteiger partial charge on any atom is 0.271 e. The van der Waals surface area contributed by atoms with Gasteiger partial charge in [-0.15, -0.1) is 0 Å². The van der Waals surface area contributed by atoms with E-state index >= 15 is 0 Å².